The first-order chi connectivity index (χ1) is 6.11. The lowest BCUT2D eigenvalue weighted by Gasteiger charge is -2.05. The standard InChI is InChI=1S/C9H12N2O2/c1-7(10)8-3-2-5-11(8)6-4-9(12)13/h2-3,5,10H,4,6H2,1H3,(H,12,13). The van der Waals surface area contributed by atoms with Crippen molar-refractivity contribution >= 4 is 11.7 Å². The molecule has 0 atom stereocenters. The van der Waals surface area contributed by atoms with Crippen molar-refractivity contribution in [1.82, 2.24) is 4.57 Å². The van der Waals surface area contributed by atoms with E-state index in [1.54, 1.807) is 17.7 Å². The van der Waals surface area contributed by atoms with Crippen LogP contribution in [0.25, 0.3) is 0 Å². The molecule has 13 heavy (non-hydrogen) atoms. The third kappa shape index (κ3) is 2.43. The third-order valence-corrected chi connectivity index (χ3v) is 1.78. The first-order valence-corrected chi connectivity index (χ1v) is 4.03. The fourth-order valence-corrected chi connectivity index (χ4v) is 1.17. The second-order valence-corrected chi connectivity index (χ2v) is 2.86. The molecule has 1 rings (SSSR count). The highest BCUT2D eigenvalue weighted by Gasteiger charge is 2.04. The number of aliphatic carboxylic acids is 1. The van der Waals surface area contributed by atoms with Gasteiger partial charge in [-0.1, -0.05) is 0 Å². The summed E-state index contributed by atoms with van der Waals surface area (Å²) in [5.74, 6) is -0.817. The highest BCUT2D eigenvalue weighted by molar-refractivity contribution is 5.94. The average molecular weight is 180 g/mol. The molecule has 1 aromatic rings. The van der Waals surface area contributed by atoms with Crippen LogP contribution in [0.5, 0.6) is 0 Å². The van der Waals surface area contributed by atoms with Crippen LogP contribution in [0, 0.1) is 5.41 Å². The van der Waals surface area contributed by atoms with E-state index in [-0.39, 0.29) is 6.42 Å². The number of carboxylic acid groups (broad SMARTS) is 1. The summed E-state index contributed by atoms with van der Waals surface area (Å²) >= 11 is 0. The van der Waals surface area contributed by atoms with Crippen LogP contribution in [0.2, 0.25) is 0 Å². The number of nitrogens with one attached hydrogen (secondary N) is 1. The molecule has 0 radical (unpaired) electrons. The summed E-state index contributed by atoms with van der Waals surface area (Å²) < 4.78 is 1.77. The predicted molar refractivity (Wildman–Crippen MR) is 49.2 cm³/mol. The van der Waals surface area contributed by atoms with Gasteiger partial charge in [0.2, 0.25) is 0 Å². The minimum absolute atomic E-state index is 0.0922. The Bertz CT molecular complexity index is 328. The zero-order valence-corrected chi connectivity index (χ0v) is 7.45. The molecule has 0 aliphatic carbocycles. The van der Waals surface area contributed by atoms with E-state index in [1.165, 1.54) is 0 Å². The molecule has 0 spiro atoms. The Balaban J connectivity index is 2.71. The molecule has 1 aromatic heterocycles. The Morgan fingerprint density at radius 3 is 2.92 bits per heavy atom. The van der Waals surface area contributed by atoms with Gasteiger partial charge in [0, 0.05) is 12.7 Å². The number of nitrogens with zero attached hydrogens (tertiary/aromatic N) is 1. The molecule has 0 saturated heterocycles. The molecular formula is C9H12N2O2. The number of aryl methyl sites for hydroxylation is 1. The van der Waals surface area contributed by atoms with Gasteiger partial charge in [0.15, 0.2) is 0 Å². The number of rotatable bonds is 4. The van der Waals surface area contributed by atoms with Gasteiger partial charge in [-0.3, -0.25) is 4.79 Å². The predicted octanol–water partition coefficient (Wildman–Crippen LogP) is 1.35. The van der Waals surface area contributed by atoms with Gasteiger partial charge in [-0.2, -0.15) is 0 Å². The van der Waals surface area contributed by atoms with E-state index in [9.17, 15) is 4.79 Å². The summed E-state index contributed by atoms with van der Waals surface area (Å²) in [6, 6.07) is 3.62. The van der Waals surface area contributed by atoms with Crippen LogP contribution in [-0.4, -0.2) is 21.4 Å². The molecule has 0 aliphatic heterocycles. The third-order valence-electron chi connectivity index (χ3n) is 1.78. The SMILES string of the molecule is CC(=N)c1cccn1CCC(=O)O. The fraction of sp³-hybridized carbons (Fsp3) is 0.333. The molecule has 0 unspecified atom stereocenters. The summed E-state index contributed by atoms with van der Waals surface area (Å²) in [7, 11) is 0. The van der Waals surface area contributed by atoms with E-state index in [0.29, 0.717) is 12.3 Å². The Hall–Kier alpha value is -1.58. The quantitative estimate of drug-likeness (QED) is 0.687. The van der Waals surface area contributed by atoms with E-state index >= 15 is 0 Å². The van der Waals surface area contributed by atoms with Gasteiger partial charge in [0.25, 0.3) is 0 Å². The van der Waals surface area contributed by atoms with E-state index in [1.807, 2.05) is 12.1 Å². The van der Waals surface area contributed by atoms with Gasteiger partial charge >= 0.3 is 5.97 Å². The summed E-state index contributed by atoms with van der Waals surface area (Å²) in [4.78, 5) is 10.3. The topological polar surface area (TPSA) is 66.1 Å². The highest BCUT2D eigenvalue weighted by Crippen LogP contribution is 2.04. The van der Waals surface area contributed by atoms with E-state index in [4.69, 9.17) is 10.5 Å². The Morgan fingerprint density at radius 1 is 1.69 bits per heavy atom. The van der Waals surface area contributed by atoms with Gasteiger partial charge in [-0.05, 0) is 19.1 Å². The first kappa shape index (κ1) is 9.51. The number of hydrogen-bond acceptors (Lipinski definition) is 2. The second kappa shape index (κ2) is 3.89. The van der Waals surface area contributed by atoms with Crippen molar-refractivity contribution < 1.29 is 9.90 Å². The smallest absolute Gasteiger partial charge is 0.305 e. The van der Waals surface area contributed by atoms with Crippen molar-refractivity contribution in [2.75, 3.05) is 0 Å². The largest absolute Gasteiger partial charge is 0.481 e. The Labute approximate surface area is 76.3 Å². The number of carbonyl (C=O) groups is 1. The normalized spacial score (nSPS) is 9.92. The lowest BCUT2D eigenvalue weighted by molar-refractivity contribution is -0.137. The van der Waals surface area contributed by atoms with Crippen LogP contribution >= 0.6 is 0 Å². The van der Waals surface area contributed by atoms with Crippen LogP contribution in [0.4, 0.5) is 0 Å². The lowest BCUT2D eigenvalue weighted by Crippen LogP contribution is -2.09. The molecule has 4 heteroatoms. The zero-order chi connectivity index (χ0) is 9.84. The number of carboxylic acids is 1. The number of hydrogen-bond donors (Lipinski definition) is 2. The molecule has 70 valence electrons. The minimum atomic E-state index is -0.817. The maximum absolute atomic E-state index is 10.3. The van der Waals surface area contributed by atoms with Crippen molar-refractivity contribution in [1.29, 1.82) is 5.41 Å². The second-order valence-electron chi connectivity index (χ2n) is 2.86. The average Bonchev–Trinajstić information content (AvgIpc) is 2.47. The minimum Gasteiger partial charge on any atom is -0.481 e. The van der Waals surface area contributed by atoms with E-state index in [0.717, 1.165) is 5.69 Å². The fourth-order valence-electron chi connectivity index (χ4n) is 1.17. The van der Waals surface area contributed by atoms with Gasteiger partial charge in [0.1, 0.15) is 0 Å². The van der Waals surface area contributed by atoms with Gasteiger partial charge in [-0.15, -0.1) is 0 Å². The van der Waals surface area contributed by atoms with Crippen molar-refractivity contribution in [3.05, 3.63) is 24.0 Å². The van der Waals surface area contributed by atoms with Crippen LogP contribution in [0.15, 0.2) is 18.3 Å². The van der Waals surface area contributed by atoms with Gasteiger partial charge in [0.05, 0.1) is 17.8 Å². The molecule has 0 fully saturated rings. The molecule has 4 nitrogen and oxygen atoms in total. The maximum atomic E-state index is 10.3. The Kier molecular flexibility index (Phi) is 2.84. The molecule has 0 aromatic carbocycles. The van der Waals surface area contributed by atoms with Crippen molar-refractivity contribution in [2.24, 2.45) is 0 Å². The molecule has 0 saturated carbocycles. The molecule has 0 amide bonds. The molecule has 0 bridgehead atoms. The maximum Gasteiger partial charge on any atom is 0.305 e. The molecular weight excluding hydrogens is 168 g/mol. The van der Waals surface area contributed by atoms with E-state index in [2.05, 4.69) is 0 Å². The van der Waals surface area contributed by atoms with Crippen LogP contribution in [0.3, 0.4) is 0 Å². The van der Waals surface area contributed by atoms with Crippen LogP contribution < -0.4 is 0 Å². The molecule has 1 heterocycles. The summed E-state index contributed by atoms with van der Waals surface area (Å²) in [5.41, 5.74) is 1.23. The molecule has 2 N–H and O–H groups in total. The first-order valence-electron chi connectivity index (χ1n) is 4.03. The van der Waals surface area contributed by atoms with Crippen molar-refractivity contribution in [2.45, 2.75) is 19.9 Å². The van der Waals surface area contributed by atoms with Crippen LogP contribution in [-0.2, 0) is 11.3 Å². The van der Waals surface area contributed by atoms with Crippen LogP contribution in [0.1, 0.15) is 19.0 Å². The highest BCUT2D eigenvalue weighted by atomic mass is 16.4. The van der Waals surface area contributed by atoms with Crippen molar-refractivity contribution in [3.8, 4) is 0 Å². The summed E-state index contributed by atoms with van der Waals surface area (Å²) in [5, 5.41) is 15.9. The van der Waals surface area contributed by atoms with Gasteiger partial charge < -0.3 is 15.1 Å². The van der Waals surface area contributed by atoms with Crippen molar-refractivity contribution in [3.63, 3.8) is 0 Å². The monoisotopic (exact) mass is 180 g/mol. The van der Waals surface area contributed by atoms with E-state index < -0.39 is 5.97 Å². The summed E-state index contributed by atoms with van der Waals surface area (Å²) in [6.07, 6.45) is 1.88. The van der Waals surface area contributed by atoms with Gasteiger partial charge in [-0.25, -0.2) is 0 Å². The molecule has 0 aliphatic rings. The summed E-state index contributed by atoms with van der Waals surface area (Å²) in [6.45, 7) is 2.11. The zero-order valence-electron chi connectivity index (χ0n) is 7.45. The number of aromatic nitrogens is 1. The Morgan fingerprint density at radius 2 is 2.38 bits per heavy atom. The lowest BCUT2D eigenvalue weighted by atomic mass is 10.3.